The van der Waals surface area contributed by atoms with E-state index in [1.165, 1.54) is 6.39 Å². The maximum Gasteiger partial charge on any atom is 0.236 e. The van der Waals surface area contributed by atoms with E-state index >= 15 is 0 Å². The van der Waals surface area contributed by atoms with Gasteiger partial charge in [-0.25, -0.2) is 4.98 Å². The van der Waals surface area contributed by atoms with E-state index in [2.05, 4.69) is 15.6 Å². The van der Waals surface area contributed by atoms with Crippen LogP contribution < -0.4 is 10.6 Å². The van der Waals surface area contributed by atoms with Crippen molar-refractivity contribution in [3.63, 3.8) is 0 Å². The summed E-state index contributed by atoms with van der Waals surface area (Å²) in [4.78, 5) is 14.9. The minimum atomic E-state index is -0.177. The van der Waals surface area contributed by atoms with Gasteiger partial charge in [0.1, 0.15) is 5.76 Å². The Bertz CT molecular complexity index is 296. The lowest BCUT2D eigenvalue weighted by atomic mass is 10.1. The molecule has 1 fully saturated rings. The van der Waals surface area contributed by atoms with Gasteiger partial charge in [0.25, 0.3) is 0 Å². The molecule has 2 atom stereocenters. The van der Waals surface area contributed by atoms with Crippen molar-refractivity contribution < 1.29 is 9.21 Å². The normalized spacial score (nSPS) is 28.5. The molecule has 1 saturated heterocycles. The summed E-state index contributed by atoms with van der Waals surface area (Å²) in [5, 5.41) is 5.90. The van der Waals surface area contributed by atoms with Gasteiger partial charge in [-0.2, -0.15) is 0 Å². The Labute approximate surface area is 75.5 Å². The molecule has 1 aliphatic heterocycles. The van der Waals surface area contributed by atoms with Crippen LogP contribution in [-0.2, 0) is 4.79 Å². The number of carbonyl (C=O) groups excluding carboxylic acids is 1. The first-order valence-corrected chi connectivity index (χ1v) is 4.19. The van der Waals surface area contributed by atoms with Crippen molar-refractivity contribution in [1.82, 2.24) is 15.6 Å². The third-order valence-electron chi connectivity index (χ3n) is 2.12. The minimum absolute atomic E-state index is 0.0239. The van der Waals surface area contributed by atoms with Crippen molar-refractivity contribution in [3.8, 4) is 0 Å². The molecular formula is C8H11N3O2. The SMILES string of the molecule is C[C@@H]1NC(c2cnco2)CNC1=O. The Balaban J connectivity index is 2.07. The lowest BCUT2D eigenvalue weighted by Crippen LogP contribution is -2.52. The predicted octanol–water partition coefficient (Wildman–Crippen LogP) is -0.176. The number of aromatic nitrogens is 1. The average Bonchev–Trinajstić information content (AvgIpc) is 2.62. The maximum absolute atomic E-state index is 11.1. The van der Waals surface area contributed by atoms with Crippen molar-refractivity contribution in [3.05, 3.63) is 18.4 Å². The van der Waals surface area contributed by atoms with Crippen LogP contribution in [0.4, 0.5) is 0 Å². The van der Waals surface area contributed by atoms with E-state index in [1.807, 2.05) is 6.92 Å². The molecule has 0 aliphatic carbocycles. The highest BCUT2D eigenvalue weighted by atomic mass is 16.3. The molecule has 13 heavy (non-hydrogen) atoms. The highest BCUT2D eigenvalue weighted by molar-refractivity contribution is 5.82. The van der Waals surface area contributed by atoms with E-state index < -0.39 is 0 Å². The van der Waals surface area contributed by atoms with E-state index in [0.717, 1.165) is 5.76 Å². The lowest BCUT2D eigenvalue weighted by Gasteiger charge is -2.26. The van der Waals surface area contributed by atoms with E-state index in [-0.39, 0.29) is 18.0 Å². The van der Waals surface area contributed by atoms with Gasteiger partial charge < -0.3 is 9.73 Å². The van der Waals surface area contributed by atoms with Crippen LogP contribution in [0, 0.1) is 0 Å². The number of rotatable bonds is 1. The Hall–Kier alpha value is -1.36. The highest BCUT2D eigenvalue weighted by Gasteiger charge is 2.26. The van der Waals surface area contributed by atoms with Gasteiger partial charge in [0.05, 0.1) is 18.3 Å². The molecule has 0 radical (unpaired) electrons. The fourth-order valence-corrected chi connectivity index (χ4v) is 1.37. The number of nitrogens with one attached hydrogen (secondary N) is 2. The summed E-state index contributed by atoms with van der Waals surface area (Å²) >= 11 is 0. The monoisotopic (exact) mass is 181 g/mol. The van der Waals surface area contributed by atoms with Gasteiger partial charge in [-0.3, -0.25) is 10.1 Å². The molecule has 2 rings (SSSR count). The zero-order valence-electron chi connectivity index (χ0n) is 7.28. The maximum atomic E-state index is 11.1. The van der Waals surface area contributed by atoms with Gasteiger partial charge in [-0.15, -0.1) is 0 Å². The zero-order chi connectivity index (χ0) is 9.26. The summed E-state index contributed by atoms with van der Waals surface area (Å²) in [5.41, 5.74) is 0. The van der Waals surface area contributed by atoms with Gasteiger partial charge in [0.15, 0.2) is 6.39 Å². The molecule has 5 heteroatoms. The van der Waals surface area contributed by atoms with Crippen molar-refractivity contribution in [2.45, 2.75) is 19.0 Å². The number of amides is 1. The Morgan fingerprint density at radius 3 is 3.15 bits per heavy atom. The minimum Gasteiger partial charge on any atom is -0.447 e. The van der Waals surface area contributed by atoms with Gasteiger partial charge in [-0.1, -0.05) is 0 Å². The molecule has 0 aromatic carbocycles. The Kier molecular flexibility index (Phi) is 2.02. The van der Waals surface area contributed by atoms with Gasteiger partial charge in [0, 0.05) is 6.54 Å². The number of hydrogen-bond donors (Lipinski definition) is 2. The van der Waals surface area contributed by atoms with Crippen LogP contribution in [-0.4, -0.2) is 23.5 Å². The molecule has 0 saturated carbocycles. The molecular weight excluding hydrogens is 170 g/mol. The molecule has 2 N–H and O–H groups in total. The van der Waals surface area contributed by atoms with E-state index in [0.29, 0.717) is 6.54 Å². The van der Waals surface area contributed by atoms with Gasteiger partial charge >= 0.3 is 0 Å². The van der Waals surface area contributed by atoms with Crippen LogP contribution in [0.3, 0.4) is 0 Å². The first kappa shape index (κ1) is 8.25. The largest absolute Gasteiger partial charge is 0.447 e. The molecule has 1 aromatic heterocycles. The molecule has 1 aromatic rings. The summed E-state index contributed by atoms with van der Waals surface area (Å²) in [7, 11) is 0. The first-order valence-electron chi connectivity index (χ1n) is 4.19. The molecule has 1 aliphatic rings. The van der Waals surface area contributed by atoms with Crippen LogP contribution >= 0.6 is 0 Å². The fraction of sp³-hybridized carbons (Fsp3) is 0.500. The molecule has 2 heterocycles. The molecule has 1 unspecified atom stereocenters. The molecule has 0 spiro atoms. The van der Waals surface area contributed by atoms with Gasteiger partial charge in [-0.05, 0) is 6.92 Å². The van der Waals surface area contributed by atoms with Crippen molar-refractivity contribution in [2.24, 2.45) is 0 Å². The summed E-state index contributed by atoms with van der Waals surface area (Å²) in [6.07, 6.45) is 3.04. The number of hydrogen-bond acceptors (Lipinski definition) is 4. The highest BCUT2D eigenvalue weighted by Crippen LogP contribution is 2.14. The van der Waals surface area contributed by atoms with Crippen LogP contribution in [0.15, 0.2) is 17.0 Å². The molecule has 0 bridgehead atoms. The second kappa shape index (κ2) is 3.18. The molecule has 1 amide bonds. The third-order valence-corrected chi connectivity index (χ3v) is 2.12. The number of carbonyl (C=O) groups is 1. The second-order valence-electron chi connectivity index (χ2n) is 3.09. The van der Waals surface area contributed by atoms with Crippen molar-refractivity contribution in [2.75, 3.05) is 6.54 Å². The van der Waals surface area contributed by atoms with Crippen molar-refractivity contribution >= 4 is 5.91 Å². The van der Waals surface area contributed by atoms with Crippen LogP contribution in [0.5, 0.6) is 0 Å². The summed E-state index contributed by atoms with van der Waals surface area (Å²) in [6, 6.07) is -0.140. The lowest BCUT2D eigenvalue weighted by molar-refractivity contribution is -0.124. The summed E-state index contributed by atoms with van der Waals surface area (Å²) in [5.74, 6) is 0.780. The first-order chi connectivity index (χ1) is 6.27. The summed E-state index contributed by atoms with van der Waals surface area (Å²) < 4.78 is 5.13. The quantitative estimate of drug-likeness (QED) is 0.631. The van der Waals surface area contributed by atoms with E-state index in [1.54, 1.807) is 6.20 Å². The van der Waals surface area contributed by atoms with Crippen molar-refractivity contribution in [1.29, 1.82) is 0 Å². The smallest absolute Gasteiger partial charge is 0.236 e. The predicted molar refractivity (Wildman–Crippen MR) is 44.9 cm³/mol. The zero-order valence-corrected chi connectivity index (χ0v) is 7.28. The standard InChI is InChI=1S/C8H11N3O2/c1-5-8(12)10-2-6(11-5)7-3-9-4-13-7/h3-6,11H,2H2,1H3,(H,10,12)/t5-,6?/m0/s1. The van der Waals surface area contributed by atoms with E-state index in [9.17, 15) is 4.79 Å². The second-order valence-corrected chi connectivity index (χ2v) is 3.09. The molecule has 5 nitrogen and oxygen atoms in total. The topological polar surface area (TPSA) is 67.2 Å². The Morgan fingerprint density at radius 2 is 2.54 bits per heavy atom. The molecule has 70 valence electrons. The van der Waals surface area contributed by atoms with Gasteiger partial charge in [0.2, 0.25) is 5.91 Å². The van der Waals surface area contributed by atoms with Crippen LogP contribution in [0.2, 0.25) is 0 Å². The summed E-state index contributed by atoms with van der Waals surface area (Å²) in [6.45, 7) is 2.37. The number of piperazine rings is 1. The third kappa shape index (κ3) is 1.55. The number of oxazole rings is 1. The van der Waals surface area contributed by atoms with Crippen LogP contribution in [0.1, 0.15) is 18.7 Å². The number of nitrogens with zero attached hydrogens (tertiary/aromatic N) is 1. The van der Waals surface area contributed by atoms with E-state index in [4.69, 9.17) is 4.42 Å². The fourth-order valence-electron chi connectivity index (χ4n) is 1.37. The van der Waals surface area contributed by atoms with Crippen LogP contribution in [0.25, 0.3) is 0 Å². The average molecular weight is 181 g/mol. The Morgan fingerprint density at radius 1 is 1.69 bits per heavy atom.